The Morgan fingerprint density at radius 2 is 1.91 bits per heavy atom. The Morgan fingerprint density at radius 3 is 2.61 bits per heavy atom. The molecule has 1 aliphatic heterocycles. The molecule has 0 spiro atoms. The van der Waals surface area contributed by atoms with Crippen molar-refractivity contribution in [3.8, 4) is 0 Å². The number of hydrogen-bond acceptors (Lipinski definition) is 4. The molecule has 0 aromatic heterocycles. The Kier molecular flexibility index (Phi) is 11.3. The van der Waals surface area contributed by atoms with Gasteiger partial charge in [-0.05, 0) is 32.6 Å². The quantitative estimate of drug-likeness (QED) is 0.349. The predicted octanol–water partition coefficient (Wildman–Crippen LogP) is 0.607. The number of carbonyl (C=O) groups is 1. The molecule has 2 N–H and O–H groups in total. The van der Waals surface area contributed by atoms with Crippen molar-refractivity contribution in [1.29, 1.82) is 0 Å². The second kappa shape index (κ2) is 13.1. The molecule has 1 fully saturated rings. The number of nitrogens with one attached hydrogen (secondary N) is 2. The fraction of sp³-hybridized carbons (Fsp3) is 0.875. The van der Waals surface area contributed by atoms with Crippen LogP contribution in [0.25, 0.3) is 0 Å². The number of likely N-dealkylation sites (tertiary alicyclic amines) is 1. The summed E-state index contributed by atoms with van der Waals surface area (Å²) >= 11 is 0. The van der Waals surface area contributed by atoms with Crippen LogP contribution in [0.3, 0.4) is 0 Å². The zero-order chi connectivity index (χ0) is 16.8. The lowest BCUT2D eigenvalue weighted by Crippen LogP contribution is -2.40. The summed E-state index contributed by atoms with van der Waals surface area (Å²) in [5, 5.41) is 6.39. The van der Waals surface area contributed by atoms with Gasteiger partial charge in [0.25, 0.3) is 0 Å². The summed E-state index contributed by atoms with van der Waals surface area (Å²) in [6.45, 7) is 7.42. The highest BCUT2D eigenvalue weighted by atomic mass is 16.5. The average molecular weight is 328 g/mol. The SMILES string of the molecule is CCNC(=NCC(=O)N1CCCCC1)NCCCOCCOC. The third-order valence-electron chi connectivity index (χ3n) is 3.62. The number of amides is 1. The summed E-state index contributed by atoms with van der Waals surface area (Å²) in [7, 11) is 1.66. The lowest BCUT2D eigenvalue weighted by Gasteiger charge is -2.26. The Labute approximate surface area is 139 Å². The van der Waals surface area contributed by atoms with Crippen LogP contribution in [0.5, 0.6) is 0 Å². The Hall–Kier alpha value is -1.34. The van der Waals surface area contributed by atoms with Crippen LogP contribution < -0.4 is 10.6 Å². The van der Waals surface area contributed by atoms with Crippen LogP contribution >= 0.6 is 0 Å². The molecule has 1 saturated heterocycles. The molecule has 1 aliphatic rings. The van der Waals surface area contributed by atoms with Crippen LogP contribution in [0, 0.1) is 0 Å². The normalized spacial score (nSPS) is 15.6. The summed E-state index contributed by atoms with van der Waals surface area (Å²) < 4.78 is 10.3. The maximum atomic E-state index is 12.1. The molecule has 0 aromatic carbocycles. The molecule has 134 valence electrons. The van der Waals surface area contributed by atoms with Crippen molar-refractivity contribution in [3.05, 3.63) is 0 Å². The molecule has 1 rings (SSSR count). The van der Waals surface area contributed by atoms with E-state index in [0.29, 0.717) is 25.8 Å². The largest absolute Gasteiger partial charge is 0.382 e. The molecular formula is C16H32N4O3. The van der Waals surface area contributed by atoms with E-state index in [1.807, 2.05) is 11.8 Å². The molecule has 0 bridgehead atoms. The van der Waals surface area contributed by atoms with Gasteiger partial charge in [0.2, 0.25) is 5.91 Å². The van der Waals surface area contributed by atoms with E-state index in [9.17, 15) is 4.79 Å². The summed E-state index contributed by atoms with van der Waals surface area (Å²) in [5.41, 5.74) is 0. The minimum absolute atomic E-state index is 0.116. The molecule has 0 aliphatic carbocycles. The van der Waals surface area contributed by atoms with E-state index in [1.54, 1.807) is 7.11 Å². The van der Waals surface area contributed by atoms with E-state index < -0.39 is 0 Å². The van der Waals surface area contributed by atoms with Crippen LogP contribution in [0.1, 0.15) is 32.6 Å². The van der Waals surface area contributed by atoms with Gasteiger partial charge in [0.15, 0.2) is 5.96 Å². The predicted molar refractivity (Wildman–Crippen MR) is 91.7 cm³/mol. The number of rotatable bonds is 10. The number of aliphatic imine (C=N–C) groups is 1. The smallest absolute Gasteiger partial charge is 0.244 e. The van der Waals surface area contributed by atoms with Crippen molar-refractivity contribution in [3.63, 3.8) is 0 Å². The van der Waals surface area contributed by atoms with Crippen LogP contribution in [0.15, 0.2) is 4.99 Å². The number of methoxy groups -OCH3 is 1. The first-order valence-electron chi connectivity index (χ1n) is 8.64. The van der Waals surface area contributed by atoms with Gasteiger partial charge in [-0.2, -0.15) is 0 Å². The molecule has 1 amide bonds. The first kappa shape index (κ1) is 19.7. The highest BCUT2D eigenvalue weighted by Crippen LogP contribution is 2.08. The van der Waals surface area contributed by atoms with Gasteiger partial charge < -0.3 is 25.0 Å². The lowest BCUT2D eigenvalue weighted by atomic mass is 10.1. The molecule has 0 atom stereocenters. The third kappa shape index (κ3) is 9.40. The van der Waals surface area contributed by atoms with Gasteiger partial charge in [-0.3, -0.25) is 4.79 Å². The Bertz CT molecular complexity index is 344. The second-order valence-electron chi connectivity index (χ2n) is 5.52. The van der Waals surface area contributed by atoms with Gasteiger partial charge in [-0.1, -0.05) is 0 Å². The Morgan fingerprint density at radius 1 is 1.13 bits per heavy atom. The minimum atomic E-state index is 0.116. The van der Waals surface area contributed by atoms with E-state index >= 15 is 0 Å². The van der Waals surface area contributed by atoms with Crippen molar-refractivity contribution < 1.29 is 14.3 Å². The molecule has 7 heteroatoms. The molecule has 0 saturated carbocycles. The maximum absolute atomic E-state index is 12.1. The van der Waals surface area contributed by atoms with Crippen molar-refractivity contribution >= 4 is 11.9 Å². The highest BCUT2D eigenvalue weighted by Gasteiger charge is 2.15. The highest BCUT2D eigenvalue weighted by molar-refractivity contribution is 5.84. The molecular weight excluding hydrogens is 296 g/mol. The summed E-state index contributed by atoms with van der Waals surface area (Å²) in [5.74, 6) is 0.805. The number of piperidine rings is 1. The number of hydrogen-bond donors (Lipinski definition) is 2. The van der Waals surface area contributed by atoms with Gasteiger partial charge in [0.05, 0.1) is 13.2 Å². The van der Waals surface area contributed by atoms with Crippen molar-refractivity contribution in [1.82, 2.24) is 15.5 Å². The molecule has 0 unspecified atom stereocenters. The molecule has 0 radical (unpaired) electrons. The third-order valence-corrected chi connectivity index (χ3v) is 3.62. The van der Waals surface area contributed by atoms with E-state index in [2.05, 4.69) is 15.6 Å². The summed E-state index contributed by atoms with van der Waals surface area (Å²) in [4.78, 5) is 18.4. The van der Waals surface area contributed by atoms with E-state index in [1.165, 1.54) is 6.42 Å². The molecule has 23 heavy (non-hydrogen) atoms. The minimum Gasteiger partial charge on any atom is -0.382 e. The van der Waals surface area contributed by atoms with Gasteiger partial charge in [0.1, 0.15) is 6.54 Å². The standard InChI is InChI=1S/C16H32N4O3/c1-3-17-16(18-8-7-11-23-13-12-22-2)19-14-15(21)20-9-5-4-6-10-20/h3-14H2,1-2H3,(H2,17,18,19). The second-order valence-corrected chi connectivity index (χ2v) is 5.52. The van der Waals surface area contributed by atoms with Crippen LogP contribution in [-0.2, 0) is 14.3 Å². The van der Waals surface area contributed by atoms with E-state index in [4.69, 9.17) is 9.47 Å². The number of nitrogens with zero attached hydrogens (tertiary/aromatic N) is 2. The number of ether oxygens (including phenoxy) is 2. The first-order valence-corrected chi connectivity index (χ1v) is 8.64. The number of guanidine groups is 1. The molecule has 1 heterocycles. The van der Waals surface area contributed by atoms with Crippen LogP contribution in [0.2, 0.25) is 0 Å². The maximum Gasteiger partial charge on any atom is 0.244 e. The Balaban J connectivity index is 2.22. The summed E-state index contributed by atoms with van der Waals surface area (Å²) in [6, 6.07) is 0. The topological polar surface area (TPSA) is 75.2 Å². The van der Waals surface area contributed by atoms with Crippen molar-refractivity contribution in [2.45, 2.75) is 32.6 Å². The van der Waals surface area contributed by atoms with Gasteiger partial charge in [0, 0.05) is 39.9 Å². The van der Waals surface area contributed by atoms with Gasteiger partial charge in [-0.25, -0.2) is 4.99 Å². The van der Waals surface area contributed by atoms with E-state index in [-0.39, 0.29) is 12.5 Å². The van der Waals surface area contributed by atoms with Crippen LogP contribution in [-0.4, -0.2) is 76.4 Å². The van der Waals surface area contributed by atoms with Gasteiger partial charge in [-0.15, -0.1) is 0 Å². The monoisotopic (exact) mass is 328 g/mol. The fourth-order valence-electron chi connectivity index (χ4n) is 2.36. The average Bonchev–Trinajstić information content (AvgIpc) is 2.59. The van der Waals surface area contributed by atoms with E-state index in [0.717, 1.165) is 45.4 Å². The van der Waals surface area contributed by atoms with Crippen molar-refractivity contribution in [2.24, 2.45) is 4.99 Å². The van der Waals surface area contributed by atoms with Gasteiger partial charge >= 0.3 is 0 Å². The zero-order valence-electron chi connectivity index (χ0n) is 14.6. The van der Waals surface area contributed by atoms with Crippen molar-refractivity contribution in [2.75, 3.05) is 59.7 Å². The van der Waals surface area contributed by atoms with Crippen LogP contribution in [0.4, 0.5) is 0 Å². The lowest BCUT2D eigenvalue weighted by molar-refractivity contribution is -0.130. The number of carbonyl (C=O) groups excluding carboxylic acids is 1. The fourth-order valence-corrected chi connectivity index (χ4v) is 2.36. The molecule has 7 nitrogen and oxygen atoms in total. The molecule has 0 aromatic rings. The summed E-state index contributed by atoms with van der Waals surface area (Å²) in [6.07, 6.45) is 4.32. The zero-order valence-corrected chi connectivity index (χ0v) is 14.6. The first-order chi connectivity index (χ1) is 11.3.